The predicted octanol–water partition coefficient (Wildman–Crippen LogP) is 2.89. The second-order valence-electron chi connectivity index (χ2n) is 6.61. The summed E-state index contributed by atoms with van der Waals surface area (Å²) in [4.78, 5) is 22.9. The summed E-state index contributed by atoms with van der Waals surface area (Å²) in [5.74, 6) is -0.499. The zero-order valence-electron chi connectivity index (χ0n) is 15.2. The molecule has 0 aliphatic rings. The Bertz CT molecular complexity index is 761. The van der Waals surface area contributed by atoms with Crippen LogP contribution in [-0.4, -0.2) is 33.3 Å². The maximum Gasteiger partial charge on any atom is 0.303 e. The minimum Gasteiger partial charge on any atom is -0.481 e. The Morgan fingerprint density at radius 1 is 1.20 bits per heavy atom. The molecule has 0 aliphatic heterocycles. The highest BCUT2D eigenvalue weighted by atomic mass is 16.4. The summed E-state index contributed by atoms with van der Waals surface area (Å²) in [5.41, 5.74) is 4.18. The summed E-state index contributed by atoms with van der Waals surface area (Å²) in [6.07, 6.45) is 0.547. The average molecular weight is 343 g/mol. The standard InChI is InChI=1S/C19H25N3O3/c1-12(2)11-20-19(25)15-5-7-16(8-6-15)22-14(4)17(13(3)21-22)9-10-18(23)24/h5-8,12H,9-11H2,1-4H3,(H,20,25)(H,23,24). The van der Waals surface area contributed by atoms with Crippen LogP contribution in [0.2, 0.25) is 0 Å². The van der Waals surface area contributed by atoms with E-state index in [4.69, 9.17) is 5.11 Å². The van der Waals surface area contributed by atoms with Gasteiger partial charge in [-0.15, -0.1) is 0 Å². The van der Waals surface area contributed by atoms with Gasteiger partial charge in [0.05, 0.1) is 11.4 Å². The summed E-state index contributed by atoms with van der Waals surface area (Å²) in [6, 6.07) is 7.26. The van der Waals surface area contributed by atoms with Gasteiger partial charge in [0.15, 0.2) is 0 Å². The van der Waals surface area contributed by atoms with E-state index in [0.29, 0.717) is 24.4 Å². The smallest absolute Gasteiger partial charge is 0.303 e. The van der Waals surface area contributed by atoms with E-state index in [0.717, 1.165) is 22.6 Å². The van der Waals surface area contributed by atoms with Crippen LogP contribution in [0.3, 0.4) is 0 Å². The molecule has 2 N–H and O–H groups in total. The van der Waals surface area contributed by atoms with E-state index in [1.54, 1.807) is 16.8 Å². The molecule has 1 amide bonds. The minimum absolute atomic E-state index is 0.0856. The molecule has 0 fully saturated rings. The summed E-state index contributed by atoms with van der Waals surface area (Å²) in [6.45, 7) is 8.56. The van der Waals surface area contributed by atoms with E-state index in [2.05, 4.69) is 10.4 Å². The number of aliphatic carboxylic acids is 1. The first-order chi connectivity index (χ1) is 11.8. The third-order valence-electron chi connectivity index (χ3n) is 4.07. The largest absolute Gasteiger partial charge is 0.481 e. The molecule has 0 atom stereocenters. The van der Waals surface area contributed by atoms with Crippen LogP contribution in [0.4, 0.5) is 0 Å². The Hall–Kier alpha value is -2.63. The van der Waals surface area contributed by atoms with Gasteiger partial charge in [-0.2, -0.15) is 5.10 Å². The topological polar surface area (TPSA) is 84.2 Å². The van der Waals surface area contributed by atoms with E-state index < -0.39 is 5.97 Å². The number of amides is 1. The molecule has 0 bridgehead atoms. The molecular formula is C19H25N3O3. The first kappa shape index (κ1) is 18.7. The van der Waals surface area contributed by atoms with Crippen molar-refractivity contribution in [2.75, 3.05) is 6.54 Å². The Balaban J connectivity index is 2.18. The van der Waals surface area contributed by atoms with Crippen molar-refractivity contribution in [3.63, 3.8) is 0 Å². The Morgan fingerprint density at radius 3 is 2.40 bits per heavy atom. The molecule has 2 rings (SSSR count). The van der Waals surface area contributed by atoms with Crippen LogP contribution in [0.15, 0.2) is 24.3 Å². The summed E-state index contributed by atoms with van der Waals surface area (Å²) >= 11 is 0. The molecule has 0 radical (unpaired) electrons. The zero-order chi connectivity index (χ0) is 18.6. The number of aryl methyl sites for hydroxylation is 1. The molecule has 6 nitrogen and oxygen atoms in total. The van der Waals surface area contributed by atoms with Gasteiger partial charge >= 0.3 is 5.97 Å². The quantitative estimate of drug-likeness (QED) is 0.809. The lowest BCUT2D eigenvalue weighted by atomic mass is 10.1. The van der Waals surface area contributed by atoms with Gasteiger partial charge in [-0.05, 0) is 56.0 Å². The maximum atomic E-state index is 12.1. The number of nitrogens with one attached hydrogen (secondary N) is 1. The molecule has 1 aromatic carbocycles. The van der Waals surface area contributed by atoms with Gasteiger partial charge < -0.3 is 10.4 Å². The van der Waals surface area contributed by atoms with Gasteiger partial charge in [0, 0.05) is 24.2 Å². The van der Waals surface area contributed by atoms with Crippen LogP contribution in [0.5, 0.6) is 0 Å². The van der Waals surface area contributed by atoms with E-state index in [1.807, 2.05) is 39.8 Å². The lowest BCUT2D eigenvalue weighted by Crippen LogP contribution is -2.27. The van der Waals surface area contributed by atoms with E-state index >= 15 is 0 Å². The van der Waals surface area contributed by atoms with Crippen LogP contribution in [-0.2, 0) is 11.2 Å². The number of hydrogen-bond acceptors (Lipinski definition) is 3. The van der Waals surface area contributed by atoms with Crippen LogP contribution in [0, 0.1) is 19.8 Å². The van der Waals surface area contributed by atoms with Crippen molar-refractivity contribution in [2.24, 2.45) is 5.92 Å². The lowest BCUT2D eigenvalue weighted by Gasteiger charge is -2.09. The molecule has 1 aromatic heterocycles. The number of rotatable bonds is 7. The Labute approximate surface area is 147 Å². The fourth-order valence-electron chi connectivity index (χ4n) is 2.67. The van der Waals surface area contributed by atoms with Crippen molar-refractivity contribution >= 4 is 11.9 Å². The molecule has 2 aromatic rings. The molecule has 0 unspecified atom stereocenters. The van der Waals surface area contributed by atoms with Gasteiger partial charge in [0.1, 0.15) is 0 Å². The summed E-state index contributed by atoms with van der Waals surface area (Å²) in [5, 5.41) is 16.3. The van der Waals surface area contributed by atoms with Crippen molar-refractivity contribution in [1.29, 1.82) is 0 Å². The molecule has 0 saturated heterocycles. The van der Waals surface area contributed by atoms with E-state index in [-0.39, 0.29) is 12.3 Å². The lowest BCUT2D eigenvalue weighted by molar-refractivity contribution is -0.136. The number of carboxylic acids is 1. The third-order valence-corrected chi connectivity index (χ3v) is 4.07. The molecule has 0 saturated carbocycles. The first-order valence-corrected chi connectivity index (χ1v) is 8.45. The molecule has 134 valence electrons. The maximum absolute atomic E-state index is 12.1. The molecular weight excluding hydrogens is 318 g/mol. The Morgan fingerprint density at radius 2 is 1.84 bits per heavy atom. The van der Waals surface area contributed by atoms with Gasteiger partial charge in [-0.25, -0.2) is 4.68 Å². The molecule has 0 aliphatic carbocycles. The molecule has 0 spiro atoms. The monoisotopic (exact) mass is 343 g/mol. The normalized spacial score (nSPS) is 10.9. The minimum atomic E-state index is -0.816. The SMILES string of the molecule is Cc1nn(-c2ccc(C(=O)NCC(C)C)cc2)c(C)c1CCC(=O)O. The number of nitrogens with zero attached hydrogens (tertiary/aromatic N) is 2. The van der Waals surface area contributed by atoms with Crippen molar-refractivity contribution in [2.45, 2.75) is 40.5 Å². The first-order valence-electron chi connectivity index (χ1n) is 8.45. The highest BCUT2D eigenvalue weighted by Gasteiger charge is 2.14. The number of carboxylic acid groups (broad SMARTS) is 1. The van der Waals surface area contributed by atoms with Crippen LogP contribution < -0.4 is 5.32 Å². The fraction of sp³-hybridized carbons (Fsp3) is 0.421. The summed E-state index contributed by atoms with van der Waals surface area (Å²) in [7, 11) is 0. The number of carbonyl (C=O) groups excluding carboxylic acids is 1. The predicted molar refractivity (Wildman–Crippen MR) is 96.2 cm³/mol. The second-order valence-corrected chi connectivity index (χ2v) is 6.61. The Kier molecular flexibility index (Phi) is 5.96. The van der Waals surface area contributed by atoms with E-state index in [9.17, 15) is 9.59 Å². The molecule has 1 heterocycles. The number of hydrogen-bond donors (Lipinski definition) is 2. The molecule has 25 heavy (non-hydrogen) atoms. The highest BCUT2D eigenvalue weighted by molar-refractivity contribution is 5.94. The third kappa shape index (κ3) is 4.68. The van der Waals surface area contributed by atoms with Crippen LogP contribution in [0.1, 0.15) is 47.6 Å². The van der Waals surface area contributed by atoms with Crippen molar-refractivity contribution in [1.82, 2.24) is 15.1 Å². The van der Waals surface area contributed by atoms with Crippen molar-refractivity contribution < 1.29 is 14.7 Å². The summed E-state index contributed by atoms with van der Waals surface area (Å²) < 4.78 is 1.79. The van der Waals surface area contributed by atoms with Gasteiger partial charge in [-0.3, -0.25) is 9.59 Å². The van der Waals surface area contributed by atoms with Crippen molar-refractivity contribution in [3.05, 3.63) is 46.8 Å². The van der Waals surface area contributed by atoms with Gasteiger partial charge in [-0.1, -0.05) is 13.8 Å². The fourth-order valence-corrected chi connectivity index (χ4v) is 2.67. The number of benzene rings is 1. The zero-order valence-corrected chi connectivity index (χ0v) is 15.2. The van der Waals surface area contributed by atoms with Crippen LogP contribution >= 0.6 is 0 Å². The second kappa shape index (κ2) is 7.96. The van der Waals surface area contributed by atoms with Gasteiger partial charge in [0.25, 0.3) is 5.91 Å². The average Bonchev–Trinajstić information content (AvgIpc) is 2.85. The van der Waals surface area contributed by atoms with Gasteiger partial charge in [0.2, 0.25) is 0 Å². The number of aromatic nitrogens is 2. The van der Waals surface area contributed by atoms with Crippen molar-refractivity contribution in [3.8, 4) is 5.69 Å². The van der Waals surface area contributed by atoms with E-state index in [1.165, 1.54) is 0 Å². The van der Waals surface area contributed by atoms with Crippen LogP contribution in [0.25, 0.3) is 5.69 Å². The number of carbonyl (C=O) groups is 2. The molecule has 6 heteroatoms. The highest BCUT2D eigenvalue weighted by Crippen LogP contribution is 2.20.